The van der Waals surface area contributed by atoms with E-state index in [2.05, 4.69) is 92.9 Å². The van der Waals surface area contributed by atoms with Gasteiger partial charge < -0.3 is 45.1 Å². The Bertz CT molecular complexity index is 1730. The van der Waals surface area contributed by atoms with E-state index < -0.39 is 67.4 Å². The first-order chi connectivity index (χ1) is 35.7. The fourth-order valence-electron chi connectivity index (χ4n) is 7.51. The highest BCUT2D eigenvalue weighted by Gasteiger charge is 2.47. The number of hydrogen-bond acceptors (Lipinski definition) is 10. The predicted molar refractivity (Wildman–Crippen MR) is 300 cm³/mol. The standard InChI is InChI=1S/C62H97NO10/c1-4-7-10-13-16-19-22-24-26-27-28-30-31-34-37-40-43-46-49-55(66)61(70)63-53(54(65)48-45-42-39-36-33-21-18-15-12-9-6-3)52-71-62-60(59(69)58(68)56(51-64)72-62)73-57(67)50-47-44-41-38-35-32-29-25-23-20-17-14-11-8-5-2/h7-8,10-11,14,16-17,19-20,23-26,28-30,32,34-35,37,43,45-46,48,53-56,58-60,62,64-66,68-69H,4-6,9,12-13,15,18,21-22,27,31,33,36,38-42,44,47,49-52H2,1-3H3,(H,63,70)/b10-7-,11-8+,17-14+,19-16-,23-20-,26-24-,29-25-,30-28-,35-32+,37-34-,46-43-,48-45+. The van der Waals surface area contributed by atoms with Crippen LogP contribution in [0.3, 0.4) is 0 Å². The summed E-state index contributed by atoms with van der Waals surface area (Å²) in [5.74, 6) is -1.35. The number of amides is 1. The molecular formula is C62H97NO10. The molecule has 1 saturated heterocycles. The fourth-order valence-corrected chi connectivity index (χ4v) is 7.51. The molecule has 0 bridgehead atoms. The van der Waals surface area contributed by atoms with Crippen LogP contribution >= 0.6 is 0 Å². The molecule has 11 heteroatoms. The van der Waals surface area contributed by atoms with E-state index in [1.807, 2.05) is 66.8 Å². The molecule has 0 aromatic rings. The largest absolute Gasteiger partial charge is 0.454 e. The average molecular weight is 1020 g/mol. The minimum absolute atomic E-state index is 0.0442. The van der Waals surface area contributed by atoms with Crippen molar-refractivity contribution in [3.63, 3.8) is 0 Å². The monoisotopic (exact) mass is 1020 g/mol. The Kier molecular flexibility index (Phi) is 44.2. The highest BCUT2D eigenvalue weighted by Crippen LogP contribution is 2.26. The molecule has 73 heavy (non-hydrogen) atoms. The van der Waals surface area contributed by atoms with Gasteiger partial charge >= 0.3 is 5.97 Å². The average Bonchev–Trinajstić information content (AvgIpc) is 3.39. The Morgan fingerprint density at radius 2 is 1.04 bits per heavy atom. The van der Waals surface area contributed by atoms with Gasteiger partial charge in [0.25, 0.3) is 0 Å². The number of aliphatic hydroxyl groups excluding tert-OH is 5. The zero-order chi connectivity index (χ0) is 53.3. The van der Waals surface area contributed by atoms with E-state index >= 15 is 0 Å². The lowest BCUT2D eigenvalue weighted by Gasteiger charge is -2.41. The molecule has 1 fully saturated rings. The van der Waals surface area contributed by atoms with Gasteiger partial charge in [-0.2, -0.15) is 0 Å². The van der Waals surface area contributed by atoms with Crippen LogP contribution in [0.25, 0.3) is 0 Å². The first-order valence-electron chi connectivity index (χ1n) is 27.7. The van der Waals surface area contributed by atoms with E-state index in [1.54, 1.807) is 12.2 Å². The van der Waals surface area contributed by atoms with Gasteiger partial charge in [-0.3, -0.25) is 9.59 Å². The number of rotatable bonds is 43. The van der Waals surface area contributed by atoms with Gasteiger partial charge in [-0.25, -0.2) is 0 Å². The van der Waals surface area contributed by atoms with E-state index in [1.165, 1.54) is 38.5 Å². The van der Waals surface area contributed by atoms with Crippen molar-refractivity contribution in [1.82, 2.24) is 5.32 Å². The normalized spacial score (nSPS) is 20.6. The summed E-state index contributed by atoms with van der Waals surface area (Å²) in [6.07, 6.45) is 59.1. The lowest BCUT2D eigenvalue weighted by Crippen LogP contribution is -2.61. The number of allylic oxidation sites excluding steroid dienone is 22. The maximum absolute atomic E-state index is 13.3. The number of aliphatic hydroxyl groups is 5. The summed E-state index contributed by atoms with van der Waals surface area (Å²) in [6, 6.07) is -1.08. The molecular weight excluding hydrogens is 919 g/mol. The smallest absolute Gasteiger partial charge is 0.306 e. The number of nitrogens with one attached hydrogen (secondary N) is 1. The molecule has 0 aromatic carbocycles. The number of carbonyl (C=O) groups is 2. The minimum atomic E-state index is -1.65. The molecule has 0 aliphatic carbocycles. The van der Waals surface area contributed by atoms with E-state index in [0.29, 0.717) is 12.8 Å². The summed E-state index contributed by atoms with van der Waals surface area (Å²) in [7, 11) is 0. The number of ether oxygens (including phenoxy) is 3. The van der Waals surface area contributed by atoms with Crippen LogP contribution in [-0.4, -0.2) is 99.6 Å². The van der Waals surface area contributed by atoms with Crippen molar-refractivity contribution in [2.45, 2.75) is 217 Å². The third kappa shape index (κ3) is 37.0. The van der Waals surface area contributed by atoms with Crippen molar-refractivity contribution < 1.29 is 49.3 Å². The van der Waals surface area contributed by atoms with E-state index in [-0.39, 0.29) is 19.4 Å². The van der Waals surface area contributed by atoms with E-state index in [0.717, 1.165) is 83.5 Å². The van der Waals surface area contributed by atoms with E-state index in [9.17, 15) is 35.1 Å². The highest BCUT2D eigenvalue weighted by atomic mass is 16.7. The number of esters is 1. The maximum atomic E-state index is 13.3. The Morgan fingerprint density at radius 1 is 0.562 bits per heavy atom. The van der Waals surface area contributed by atoms with Crippen LogP contribution in [0.15, 0.2) is 146 Å². The second-order valence-electron chi connectivity index (χ2n) is 18.3. The lowest BCUT2D eigenvalue weighted by atomic mass is 9.99. The van der Waals surface area contributed by atoms with Gasteiger partial charge in [-0.15, -0.1) is 0 Å². The first-order valence-corrected chi connectivity index (χ1v) is 27.7. The summed E-state index contributed by atoms with van der Waals surface area (Å²) in [6.45, 7) is 5.41. The lowest BCUT2D eigenvalue weighted by molar-refractivity contribution is -0.305. The molecule has 0 spiro atoms. The number of carbonyl (C=O) groups excluding carboxylic acids is 2. The van der Waals surface area contributed by atoms with Crippen molar-refractivity contribution >= 4 is 11.9 Å². The molecule has 1 amide bonds. The minimum Gasteiger partial charge on any atom is -0.454 e. The first kappa shape index (κ1) is 66.6. The van der Waals surface area contributed by atoms with Gasteiger partial charge in [0.1, 0.15) is 24.4 Å². The zero-order valence-electron chi connectivity index (χ0n) is 44.9. The van der Waals surface area contributed by atoms with Crippen molar-refractivity contribution in [3.05, 3.63) is 146 Å². The van der Waals surface area contributed by atoms with Gasteiger partial charge in [0.2, 0.25) is 5.91 Å². The summed E-state index contributed by atoms with van der Waals surface area (Å²) in [5.41, 5.74) is 0. The SMILES string of the molecule is CC/C=C\C/C=C\C/C=C\C/C=C\C/C=C\C/C=C\CC(O)C(=O)NC(COC1OC(CO)C(O)C(O)C1OC(=O)CCCCC/C=C/C=C\C=C/C=C/C=C/CC)C(O)/C=C/CCCCCCCCCCC. The number of hydrogen-bond donors (Lipinski definition) is 6. The van der Waals surface area contributed by atoms with Gasteiger partial charge in [0.05, 0.1) is 25.4 Å². The molecule has 410 valence electrons. The third-order valence-electron chi connectivity index (χ3n) is 11.9. The predicted octanol–water partition coefficient (Wildman–Crippen LogP) is 12.3. The molecule has 8 unspecified atom stereocenters. The van der Waals surface area contributed by atoms with Crippen molar-refractivity contribution in [1.29, 1.82) is 0 Å². The van der Waals surface area contributed by atoms with E-state index in [4.69, 9.17) is 14.2 Å². The molecule has 0 radical (unpaired) electrons. The van der Waals surface area contributed by atoms with Crippen LogP contribution in [0.4, 0.5) is 0 Å². The summed E-state index contributed by atoms with van der Waals surface area (Å²) in [4.78, 5) is 26.4. The van der Waals surface area contributed by atoms with Gasteiger partial charge in [0.15, 0.2) is 12.4 Å². The molecule has 1 rings (SSSR count). The van der Waals surface area contributed by atoms with Gasteiger partial charge in [-0.05, 0) is 77.0 Å². The van der Waals surface area contributed by atoms with Gasteiger partial charge in [-0.1, -0.05) is 224 Å². The molecule has 0 saturated carbocycles. The Hall–Kier alpha value is -4.46. The molecule has 6 N–H and O–H groups in total. The third-order valence-corrected chi connectivity index (χ3v) is 11.9. The molecule has 1 aliphatic heterocycles. The Morgan fingerprint density at radius 3 is 1.59 bits per heavy atom. The van der Waals surface area contributed by atoms with Crippen LogP contribution in [-0.2, 0) is 23.8 Å². The summed E-state index contributed by atoms with van der Waals surface area (Å²) < 4.78 is 17.5. The van der Waals surface area contributed by atoms with Crippen molar-refractivity contribution in [2.24, 2.45) is 0 Å². The van der Waals surface area contributed by atoms with Crippen LogP contribution in [0, 0.1) is 0 Å². The van der Waals surface area contributed by atoms with Gasteiger partial charge in [0, 0.05) is 12.8 Å². The zero-order valence-corrected chi connectivity index (χ0v) is 44.9. The van der Waals surface area contributed by atoms with Crippen molar-refractivity contribution in [3.8, 4) is 0 Å². The summed E-state index contributed by atoms with van der Waals surface area (Å²) >= 11 is 0. The highest BCUT2D eigenvalue weighted by molar-refractivity contribution is 5.81. The molecule has 11 nitrogen and oxygen atoms in total. The summed E-state index contributed by atoms with van der Waals surface area (Å²) in [5, 5.41) is 56.6. The van der Waals surface area contributed by atoms with Crippen molar-refractivity contribution in [2.75, 3.05) is 13.2 Å². The van der Waals surface area contributed by atoms with Crippen LogP contribution in [0.5, 0.6) is 0 Å². The Balaban J connectivity index is 2.84. The van der Waals surface area contributed by atoms with Crippen LogP contribution in [0.2, 0.25) is 0 Å². The second kappa shape index (κ2) is 48.5. The molecule has 1 heterocycles. The van der Waals surface area contributed by atoms with Crippen LogP contribution in [0.1, 0.15) is 168 Å². The molecule has 8 atom stereocenters. The molecule has 0 aromatic heterocycles. The molecule has 1 aliphatic rings. The van der Waals surface area contributed by atoms with Crippen LogP contribution < -0.4 is 5.32 Å². The Labute approximate surface area is 441 Å². The maximum Gasteiger partial charge on any atom is 0.306 e. The second-order valence-corrected chi connectivity index (χ2v) is 18.3. The topological polar surface area (TPSA) is 175 Å². The quantitative estimate of drug-likeness (QED) is 0.0149. The number of unbranched alkanes of at least 4 members (excludes halogenated alkanes) is 12. The fraction of sp³-hybridized carbons (Fsp3) is 0.581.